The average molecular weight is 359 g/mol. The summed E-state index contributed by atoms with van der Waals surface area (Å²) in [5.41, 5.74) is 1.96. The summed E-state index contributed by atoms with van der Waals surface area (Å²) < 4.78 is 44.3. The number of benzene rings is 1. The van der Waals surface area contributed by atoms with Crippen LogP contribution >= 0.6 is 0 Å². The highest BCUT2D eigenvalue weighted by Gasteiger charge is 2.53. The average Bonchev–Trinajstić information content (AvgIpc) is 2.97. The molecular formula is C17H20F3NO4. The molecule has 8 heteroatoms. The summed E-state index contributed by atoms with van der Waals surface area (Å²) in [4.78, 5) is 24.1. The first-order valence-electron chi connectivity index (χ1n) is 7.87. The number of hydrogen-bond donors (Lipinski definition) is 1. The molecule has 0 aliphatic carbocycles. The first-order valence-corrected chi connectivity index (χ1v) is 7.87. The Labute approximate surface area is 143 Å². The minimum absolute atomic E-state index is 0.0219. The fourth-order valence-corrected chi connectivity index (χ4v) is 2.88. The van der Waals surface area contributed by atoms with Gasteiger partial charge in [-0.25, -0.2) is 0 Å². The van der Waals surface area contributed by atoms with Crippen molar-refractivity contribution in [3.8, 4) is 5.75 Å². The largest absolute Gasteiger partial charge is 0.493 e. The summed E-state index contributed by atoms with van der Waals surface area (Å²) in [6.07, 6.45) is -4.75. The fourth-order valence-electron chi connectivity index (χ4n) is 2.88. The third kappa shape index (κ3) is 4.43. The van der Waals surface area contributed by atoms with Gasteiger partial charge >= 0.3 is 12.1 Å². The van der Waals surface area contributed by atoms with Crippen molar-refractivity contribution < 1.29 is 32.6 Å². The van der Waals surface area contributed by atoms with Crippen molar-refractivity contribution in [3.05, 3.63) is 29.3 Å². The molecule has 1 N–H and O–H groups in total. The molecule has 1 fully saturated rings. The number of nitrogens with zero attached hydrogens (tertiary/aromatic N) is 1. The molecule has 2 rings (SSSR count). The zero-order valence-electron chi connectivity index (χ0n) is 14.0. The highest BCUT2D eigenvalue weighted by atomic mass is 19.4. The maximum Gasteiger partial charge on any atom is 0.394 e. The molecule has 1 amide bonds. The standard InChI is InChI=1S/C17H20F3NO4/c1-10-4-3-5-14(11(10)2)25-7-6-15(22)21-8-12(16(23)24)13(9-21)17(18,19)20/h3-5,12-13H,6-9H2,1-2H3,(H,23,24)/t12-,13-/m1/s1. The van der Waals surface area contributed by atoms with Crippen molar-refractivity contribution in [2.45, 2.75) is 26.4 Å². The second-order valence-corrected chi connectivity index (χ2v) is 6.19. The molecule has 25 heavy (non-hydrogen) atoms. The van der Waals surface area contributed by atoms with Gasteiger partial charge in [0.15, 0.2) is 0 Å². The number of rotatable bonds is 5. The van der Waals surface area contributed by atoms with E-state index in [9.17, 15) is 22.8 Å². The topological polar surface area (TPSA) is 66.8 Å². The van der Waals surface area contributed by atoms with Crippen LogP contribution in [0.4, 0.5) is 13.2 Å². The Balaban J connectivity index is 1.93. The molecule has 1 heterocycles. The number of aliphatic carboxylic acids is 1. The van der Waals surface area contributed by atoms with Gasteiger partial charge in [-0.1, -0.05) is 12.1 Å². The Kier molecular flexibility index (Phi) is 5.59. The number of alkyl halides is 3. The monoisotopic (exact) mass is 359 g/mol. The van der Waals surface area contributed by atoms with Crippen LogP contribution in [0.3, 0.4) is 0 Å². The van der Waals surface area contributed by atoms with Gasteiger partial charge in [0.05, 0.1) is 24.9 Å². The Morgan fingerprint density at radius 1 is 1.28 bits per heavy atom. The number of carbonyl (C=O) groups excluding carboxylic acids is 1. The van der Waals surface area contributed by atoms with Crippen molar-refractivity contribution in [3.63, 3.8) is 0 Å². The Morgan fingerprint density at radius 3 is 2.52 bits per heavy atom. The van der Waals surface area contributed by atoms with E-state index in [-0.39, 0.29) is 13.0 Å². The molecule has 1 aromatic carbocycles. The third-order valence-electron chi connectivity index (χ3n) is 4.54. The Hall–Kier alpha value is -2.25. The molecule has 0 bridgehead atoms. The summed E-state index contributed by atoms with van der Waals surface area (Å²) in [6, 6.07) is 5.48. The van der Waals surface area contributed by atoms with Crippen LogP contribution in [0.15, 0.2) is 18.2 Å². The molecule has 0 spiro atoms. The molecule has 0 aromatic heterocycles. The van der Waals surface area contributed by atoms with Crippen LogP contribution in [0.25, 0.3) is 0 Å². The van der Waals surface area contributed by atoms with Gasteiger partial charge in [-0.05, 0) is 31.0 Å². The molecule has 1 saturated heterocycles. The van der Waals surface area contributed by atoms with Gasteiger partial charge in [-0.3, -0.25) is 9.59 Å². The van der Waals surface area contributed by atoms with Crippen molar-refractivity contribution in [1.82, 2.24) is 4.90 Å². The summed E-state index contributed by atoms with van der Waals surface area (Å²) in [6.45, 7) is 2.76. The van der Waals surface area contributed by atoms with Crippen LogP contribution in [0.1, 0.15) is 17.5 Å². The molecule has 1 aliphatic rings. The van der Waals surface area contributed by atoms with Gasteiger partial charge in [0.1, 0.15) is 5.75 Å². The first kappa shape index (κ1) is 19.1. The number of carboxylic acid groups (broad SMARTS) is 1. The van der Waals surface area contributed by atoms with Crippen LogP contribution in [-0.2, 0) is 9.59 Å². The number of hydrogen-bond acceptors (Lipinski definition) is 3. The fraction of sp³-hybridized carbons (Fsp3) is 0.529. The Morgan fingerprint density at radius 2 is 1.96 bits per heavy atom. The maximum absolute atomic E-state index is 12.9. The highest BCUT2D eigenvalue weighted by molar-refractivity contribution is 5.79. The number of aryl methyl sites for hydroxylation is 1. The summed E-state index contributed by atoms with van der Waals surface area (Å²) in [5, 5.41) is 8.97. The van der Waals surface area contributed by atoms with Gasteiger partial charge in [0.25, 0.3) is 0 Å². The summed E-state index contributed by atoms with van der Waals surface area (Å²) in [5.74, 6) is -5.11. The van der Waals surface area contributed by atoms with Gasteiger partial charge < -0.3 is 14.7 Å². The zero-order chi connectivity index (χ0) is 18.8. The molecule has 5 nitrogen and oxygen atoms in total. The van der Waals surface area contributed by atoms with E-state index in [1.807, 2.05) is 26.0 Å². The minimum atomic E-state index is -4.65. The number of carboxylic acids is 1. The highest BCUT2D eigenvalue weighted by Crippen LogP contribution is 2.37. The van der Waals surface area contributed by atoms with Crippen LogP contribution in [-0.4, -0.2) is 47.8 Å². The molecule has 1 aliphatic heterocycles. The number of halogens is 3. The molecule has 0 radical (unpaired) electrons. The second kappa shape index (κ2) is 7.33. The lowest BCUT2D eigenvalue weighted by atomic mass is 9.96. The Bertz CT molecular complexity index is 660. The lowest BCUT2D eigenvalue weighted by molar-refractivity contribution is -0.188. The van der Waals surface area contributed by atoms with Crippen LogP contribution in [0.5, 0.6) is 5.75 Å². The number of likely N-dealkylation sites (tertiary alicyclic amines) is 1. The number of amides is 1. The van der Waals surface area contributed by atoms with Gasteiger partial charge in [-0.15, -0.1) is 0 Å². The SMILES string of the molecule is Cc1cccc(OCCC(=O)N2C[C@@H](C(F)(F)F)[C@H](C(=O)O)C2)c1C. The van der Waals surface area contributed by atoms with Gasteiger partial charge in [-0.2, -0.15) is 13.2 Å². The van der Waals surface area contributed by atoms with E-state index in [0.29, 0.717) is 5.75 Å². The summed E-state index contributed by atoms with van der Waals surface area (Å²) >= 11 is 0. The van der Waals surface area contributed by atoms with E-state index in [1.165, 1.54) is 0 Å². The third-order valence-corrected chi connectivity index (χ3v) is 4.54. The lowest BCUT2D eigenvalue weighted by Crippen LogP contribution is -2.34. The molecule has 0 saturated carbocycles. The van der Waals surface area contributed by atoms with Crippen LogP contribution in [0, 0.1) is 25.7 Å². The molecular weight excluding hydrogens is 339 g/mol. The predicted molar refractivity (Wildman–Crippen MR) is 83.3 cm³/mol. The molecule has 0 unspecified atom stereocenters. The van der Waals surface area contributed by atoms with Gasteiger partial charge in [0, 0.05) is 13.1 Å². The quantitative estimate of drug-likeness (QED) is 0.878. The van der Waals surface area contributed by atoms with Crippen LogP contribution in [0.2, 0.25) is 0 Å². The van der Waals surface area contributed by atoms with E-state index in [1.54, 1.807) is 6.07 Å². The van der Waals surface area contributed by atoms with E-state index in [4.69, 9.17) is 9.84 Å². The van der Waals surface area contributed by atoms with Gasteiger partial charge in [0.2, 0.25) is 5.91 Å². The van der Waals surface area contributed by atoms with E-state index >= 15 is 0 Å². The molecule has 2 atom stereocenters. The normalized spacial score (nSPS) is 20.6. The van der Waals surface area contributed by atoms with Crippen molar-refractivity contribution >= 4 is 11.9 Å². The minimum Gasteiger partial charge on any atom is -0.493 e. The number of ether oxygens (including phenoxy) is 1. The predicted octanol–water partition coefficient (Wildman–Crippen LogP) is 2.79. The van der Waals surface area contributed by atoms with Crippen molar-refractivity contribution in [2.75, 3.05) is 19.7 Å². The molecule has 138 valence electrons. The summed E-state index contributed by atoms with van der Waals surface area (Å²) in [7, 11) is 0. The smallest absolute Gasteiger partial charge is 0.394 e. The lowest BCUT2D eigenvalue weighted by Gasteiger charge is -2.18. The van der Waals surface area contributed by atoms with Crippen molar-refractivity contribution in [2.24, 2.45) is 11.8 Å². The zero-order valence-corrected chi connectivity index (χ0v) is 14.0. The van der Waals surface area contributed by atoms with E-state index in [2.05, 4.69) is 0 Å². The second-order valence-electron chi connectivity index (χ2n) is 6.19. The van der Waals surface area contributed by atoms with E-state index < -0.39 is 43.0 Å². The van der Waals surface area contributed by atoms with Crippen molar-refractivity contribution in [1.29, 1.82) is 0 Å². The molecule has 1 aromatic rings. The maximum atomic E-state index is 12.9. The number of carbonyl (C=O) groups is 2. The first-order chi connectivity index (χ1) is 11.6. The van der Waals surface area contributed by atoms with Crippen LogP contribution < -0.4 is 4.74 Å². The van der Waals surface area contributed by atoms with E-state index in [0.717, 1.165) is 16.0 Å².